The zero-order valence-electron chi connectivity index (χ0n) is 20.0. The fourth-order valence-electron chi connectivity index (χ4n) is 5.21. The van der Waals surface area contributed by atoms with Crippen LogP contribution in [0.1, 0.15) is 48.9 Å². The molecule has 2 aromatic carbocycles. The highest BCUT2D eigenvalue weighted by molar-refractivity contribution is 5.79. The van der Waals surface area contributed by atoms with Crippen LogP contribution in [-0.4, -0.2) is 63.8 Å². The molecular weight excluding hydrogens is 420 g/mol. The molecule has 2 aliphatic heterocycles. The van der Waals surface area contributed by atoms with Crippen molar-refractivity contribution in [3.8, 4) is 23.0 Å². The lowest BCUT2D eigenvalue weighted by Crippen LogP contribution is -2.40. The fourth-order valence-corrected chi connectivity index (χ4v) is 5.21. The Morgan fingerprint density at radius 3 is 2.18 bits per heavy atom. The van der Waals surface area contributed by atoms with Crippen LogP contribution in [0, 0.1) is 0 Å². The SMILES string of the molecule is COc1ccc(C2CCCN2CC(=O)N2CCCC2c2cc(OC)ccc2OC)c(OC)c1. The number of hydrogen-bond acceptors (Lipinski definition) is 6. The molecule has 2 fully saturated rings. The van der Waals surface area contributed by atoms with Crippen LogP contribution >= 0.6 is 0 Å². The van der Waals surface area contributed by atoms with Crippen molar-refractivity contribution in [1.29, 1.82) is 0 Å². The zero-order chi connectivity index (χ0) is 23.4. The molecule has 0 bridgehead atoms. The summed E-state index contributed by atoms with van der Waals surface area (Å²) in [5.41, 5.74) is 2.12. The van der Waals surface area contributed by atoms with Crippen LogP contribution < -0.4 is 18.9 Å². The lowest BCUT2D eigenvalue weighted by molar-refractivity contribution is -0.133. The summed E-state index contributed by atoms with van der Waals surface area (Å²) in [4.78, 5) is 17.8. The van der Waals surface area contributed by atoms with Crippen molar-refractivity contribution in [3.63, 3.8) is 0 Å². The van der Waals surface area contributed by atoms with Crippen LogP contribution in [0.3, 0.4) is 0 Å². The van der Waals surface area contributed by atoms with Gasteiger partial charge in [-0.05, 0) is 56.5 Å². The van der Waals surface area contributed by atoms with E-state index in [-0.39, 0.29) is 18.0 Å². The average molecular weight is 455 g/mol. The van der Waals surface area contributed by atoms with Gasteiger partial charge in [-0.2, -0.15) is 0 Å². The van der Waals surface area contributed by atoms with Crippen molar-refractivity contribution in [2.75, 3.05) is 48.1 Å². The summed E-state index contributed by atoms with van der Waals surface area (Å²) in [5.74, 6) is 3.29. The van der Waals surface area contributed by atoms with Gasteiger partial charge >= 0.3 is 0 Å². The molecule has 1 amide bonds. The van der Waals surface area contributed by atoms with Crippen molar-refractivity contribution < 1.29 is 23.7 Å². The quantitative estimate of drug-likeness (QED) is 0.595. The summed E-state index contributed by atoms with van der Waals surface area (Å²) in [7, 11) is 6.66. The van der Waals surface area contributed by atoms with Crippen LogP contribution in [0.15, 0.2) is 36.4 Å². The molecule has 7 nitrogen and oxygen atoms in total. The molecule has 0 saturated carbocycles. The van der Waals surface area contributed by atoms with Crippen LogP contribution in [0.5, 0.6) is 23.0 Å². The second-order valence-corrected chi connectivity index (χ2v) is 8.59. The fraction of sp³-hybridized carbons (Fsp3) is 0.500. The predicted octanol–water partition coefficient (Wildman–Crippen LogP) is 4.22. The molecule has 7 heteroatoms. The maximum absolute atomic E-state index is 13.5. The molecule has 2 heterocycles. The number of likely N-dealkylation sites (tertiary alicyclic amines) is 2. The first-order valence-electron chi connectivity index (χ1n) is 11.6. The third-order valence-electron chi connectivity index (χ3n) is 6.87. The molecule has 33 heavy (non-hydrogen) atoms. The highest BCUT2D eigenvalue weighted by Crippen LogP contribution is 2.41. The molecule has 2 atom stereocenters. The third kappa shape index (κ3) is 4.74. The average Bonchev–Trinajstić information content (AvgIpc) is 3.53. The summed E-state index contributed by atoms with van der Waals surface area (Å²) >= 11 is 0. The normalized spacial score (nSPS) is 20.7. The standard InChI is InChI=1S/C26H34N2O5/c1-30-18-10-12-24(32-3)21(15-18)23-8-6-14-28(23)26(29)17-27-13-5-7-22(27)20-11-9-19(31-2)16-25(20)33-4/h9-12,15-16,22-23H,5-8,13-14,17H2,1-4H3. The second kappa shape index (κ2) is 10.3. The second-order valence-electron chi connectivity index (χ2n) is 8.59. The number of ether oxygens (including phenoxy) is 4. The van der Waals surface area contributed by atoms with E-state index in [1.165, 1.54) is 0 Å². The Balaban J connectivity index is 1.53. The summed E-state index contributed by atoms with van der Waals surface area (Å²) in [6, 6.07) is 11.9. The topological polar surface area (TPSA) is 60.5 Å². The zero-order valence-corrected chi connectivity index (χ0v) is 20.0. The molecule has 2 saturated heterocycles. The summed E-state index contributed by atoms with van der Waals surface area (Å²) in [5, 5.41) is 0. The number of rotatable bonds is 8. The number of carbonyl (C=O) groups is 1. The van der Waals surface area contributed by atoms with Gasteiger partial charge < -0.3 is 23.8 Å². The molecule has 178 valence electrons. The minimum absolute atomic E-state index is 0.000810. The van der Waals surface area contributed by atoms with Gasteiger partial charge in [0.1, 0.15) is 23.0 Å². The number of nitrogens with zero attached hydrogens (tertiary/aromatic N) is 2. The van der Waals surface area contributed by atoms with Gasteiger partial charge in [-0.25, -0.2) is 0 Å². The number of amides is 1. The van der Waals surface area contributed by atoms with Gasteiger partial charge in [0.05, 0.1) is 41.0 Å². The third-order valence-corrected chi connectivity index (χ3v) is 6.87. The first-order valence-corrected chi connectivity index (χ1v) is 11.6. The van der Waals surface area contributed by atoms with E-state index in [1.54, 1.807) is 28.4 Å². The predicted molar refractivity (Wildman–Crippen MR) is 126 cm³/mol. The monoisotopic (exact) mass is 454 g/mol. The highest BCUT2D eigenvalue weighted by Gasteiger charge is 2.36. The molecule has 2 aliphatic rings. The Morgan fingerprint density at radius 1 is 0.788 bits per heavy atom. The van der Waals surface area contributed by atoms with Gasteiger partial charge in [-0.3, -0.25) is 9.69 Å². The van der Waals surface area contributed by atoms with Crippen molar-refractivity contribution in [1.82, 2.24) is 9.80 Å². The summed E-state index contributed by atoms with van der Waals surface area (Å²) in [6.45, 7) is 2.05. The van der Waals surface area contributed by atoms with Crippen LogP contribution in [0.25, 0.3) is 0 Å². The van der Waals surface area contributed by atoms with E-state index in [1.807, 2.05) is 35.2 Å². The maximum atomic E-state index is 13.5. The molecule has 2 unspecified atom stereocenters. The van der Waals surface area contributed by atoms with E-state index >= 15 is 0 Å². The molecule has 4 rings (SSSR count). The molecule has 0 N–H and O–H groups in total. The number of hydrogen-bond donors (Lipinski definition) is 0. The maximum Gasteiger partial charge on any atom is 0.237 e. The Kier molecular flexibility index (Phi) is 7.28. The molecule has 0 spiro atoms. The molecular formula is C26H34N2O5. The van der Waals surface area contributed by atoms with Crippen molar-refractivity contribution in [2.24, 2.45) is 0 Å². The minimum atomic E-state index is -0.000810. The Morgan fingerprint density at radius 2 is 1.45 bits per heavy atom. The number of methoxy groups -OCH3 is 4. The Bertz CT molecular complexity index is 979. The van der Waals surface area contributed by atoms with E-state index in [0.717, 1.165) is 72.9 Å². The van der Waals surface area contributed by atoms with Gasteiger partial charge in [0.2, 0.25) is 5.91 Å². The highest BCUT2D eigenvalue weighted by atomic mass is 16.5. The smallest absolute Gasteiger partial charge is 0.237 e. The largest absolute Gasteiger partial charge is 0.497 e. The van der Waals surface area contributed by atoms with Crippen LogP contribution in [0.4, 0.5) is 0 Å². The van der Waals surface area contributed by atoms with E-state index in [9.17, 15) is 4.79 Å². The van der Waals surface area contributed by atoms with Gasteiger partial charge in [0.15, 0.2) is 0 Å². The number of carbonyl (C=O) groups excluding carboxylic acids is 1. The summed E-state index contributed by atoms with van der Waals surface area (Å²) in [6.07, 6.45) is 3.96. The number of benzene rings is 2. The first kappa shape index (κ1) is 23.2. The van der Waals surface area contributed by atoms with Gasteiger partial charge in [-0.15, -0.1) is 0 Å². The van der Waals surface area contributed by atoms with E-state index in [4.69, 9.17) is 18.9 Å². The van der Waals surface area contributed by atoms with E-state index in [2.05, 4.69) is 11.0 Å². The van der Waals surface area contributed by atoms with Crippen molar-refractivity contribution >= 4 is 5.91 Å². The molecule has 0 radical (unpaired) electrons. The van der Waals surface area contributed by atoms with Gasteiger partial charge in [-0.1, -0.05) is 6.07 Å². The Labute approximate surface area is 196 Å². The minimum Gasteiger partial charge on any atom is -0.497 e. The molecule has 2 aromatic rings. The van der Waals surface area contributed by atoms with Crippen LogP contribution in [-0.2, 0) is 4.79 Å². The van der Waals surface area contributed by atoms with E-state index < -0.39 is 0 Å². The van der Waals surface area contributed by atoms with Crippen LogP contribution in [0.2, 0.25) is 0 Å². The summed E-state index contributed by atoms with van der Waals surface area (Å²) < 4.78 is 22.0. The Hall–Kier alpha value is -2.93. The first-order chi connectivity index (χ1) is 16.1. The molecule has 0 aliphatic carbocycles. The van der Waals surface area contributed by atoms with Crippen molar-refractivity contribution in [2.45, 2.75) is 37.8 Å². The lowest BCUT2D eigenvalue weighted by atomic mass is 10.0. The molecule has 0 aromatic heterocycles. The van der Waals surface area contributed by atoms with Gasteiger partial charge in [0.25, 0.3) is 0 Å². The van der Waals surface area contributed by atoms with Gasteiger partial charge in [0, 0.05) is 29.8 Å². The van der Waals surface area contributed by atoms with Crippen molar-refractivity contribution in [3.05, 3.63) is 47.5 Å². The lowest BCUT2D eigenvalue weighted by Gasteiger charge is -2.31. The van der Waals surface area contributed by atoms with E-state index in [0.29, 0.717) is 6.54 Å².